The summed E-state index contributed by atoms with van der Waals surface area (Å²) in [6.45, 7) is 0. The van der Waals surface area contributed by atoms with Crippen molar-refractivity contribution in [2.75, 3.05) is 0 Å². The van der Waals surface area contributed by atoms with Gasteiger partial charge in [-0.25, -0.2) is 0 Å². The number of carbonyl (C=O) groups is 2. The van der Waals surface area contributed by atoms with Crippen LogP contribution in [0.25, 0.3) is 10.8 Å². The molecule has 1 fully saturated rings. The zero-order valence-electron chi connectivity index (χ0n) is 13.8. The zero-order chi connectivity index (χ0) is 17.0. The maximum Gasteiger partial charge on any atom is 0.162 e. The molecule has 1 saturated carbocycles. The summed E-state index contributed by atoms with van der Waals surface area (Å²) in [4.78, 5) is 24.9. The predicted octanol–water partition coefficient (Wildman–Crippen LogP) is 4.85. The highest BCUT2D eigenvalue weighted by Gasteiger charge is 2.38. The van der Waals surface area contributed by atoms with E-state index in [0.29, 0.717) is 24.8 Å². The Labute approximate surface area is 142 Å². The number of carbonyl (C=O) groups excluding carboxylic acids is 2. The summed E-state index contributed by atoms with van der Waals surface area (Å²) < 4.78 is 0. The molecule has 1 aliphatic rings. The van der Waals surface area contributed by atoms with Crippen LogP contribution in [-0.4, -0.2) is 11.6 Å². The van der Waals surface area contributed by atoms with Crippen molar-refractivity contribution in [3.63, 3.8) is 0 Å². The SMILES string of the molecule is N#C[C@]1(CCC(=O)c2ccc3ccccc3c2)CCCCCC1=O. The molecule has 0 aromatic heterocycles. The van der Waals surface area contributed by atoms with E-state index in [1.54, 1.807) is 0 Å². The highest BCUT2D eigenvalue weighted by Crippen LogP contribution is 2.36. The van der Waals surface area contributed by atoms with Crippen molar-refractivity contribution < 1.29 is 9.59 Å². The van der Waals surface area contributed by atoms with Gasteiger partial charge in [0.1, 0.15) is 5.41 Å². The molecule has 0 N–H and O–H groups in total. The standard InChI is InChI=1S/C21H21NO2/c22-15-21(12-5-1-2-8-20(21)24)13-11-19(23)18-10-9-16-6-3-4-7-17(16)14-18/h3-4,6-7,9-10,14H,1-2,5,8,11-13H2/t21-/m1/s1. The summed E-state index contributed by atoms with van der Waals surface area (Å²) in [6, 6.07) is 15.8. The number of Topliss-reactive ketones (excluding diaryl/α,β-unsaturated/α-hetero) is 2. The molecule has 24 heavy (non-hydrogen) atoms. The Hall–Kier alpha value is -2.47. The smallest absolute Gasteiger partial charge is 0.162 e. The molecule has 0 aliphatic heterocycles. The minimum absolute atomic E-state index is 0.00687. The van der Waals surface area contributed by atoms with Gasteiger partial charge in [-0.15, -0.1) is 0 Å². The summed E-state index contributed by atoms with van der Waals surface area (Å²) >= 11 is 0. The van der Waals surface area contributed by atoms with E-state index in [2.05, 4.69) is 6.07 Å². The van der Waals surface area contributed by atoms with Gasteiger partial charge in [-0.05, 0) is 36.1 Å². The van der Waals surface area contributed by atoms with Crippen LogP contribution < -0.4 is 0 Å². The van der Waals surface area contributed by atoms with Gasteiger partial charge in [0.15, 0.2) is 11.6 Å². The largest absolute Gasteiger partial charge is 0.298 e. The molecule has 3 nitrogen and oxygen atoms in total. The molecule has 0 amide bonds. The van der Waals surface area contributed by atoms with Gasteiger partial charge in [0, 0.05) is 18.4 Å². The van der Waals surface area contributed by atoms with Crippen LogP contribution in [0.3, 0.4) is 0 Å². The van der Waals surface area contributed by atoms with Crippen LogP contribution in [0, 0.1) is 16.7 Å². The summed E-state index contributed by atoms with van der Waals surface area (Å²) in [7, 11) is 0. The van der Waals surface area contributed by atoms with Gasteiger partial charge in [0.25, 0.3) is 0 Å². The minimum Gasteiger partial charge on any atom is -0.298 e. The second kappa shape index (κ2) is 6.97. The number of benzene rings is 2. The summed E-state index contributed by atoms with van der Waals surface area (Å²) in [6.07, 6.45) is 4.40. The van der Waals surface area contributed by atoms with Gasteiger partial charge < -0.3 is 0 Å². The topological polar surface area (TPSA) is 57.9 Å². The fourth-order valence-electron chi connectivity index (χ4n) is 3.54. The molecular weight excluding hydrogens is 298 g/mol. The first-order valence-corrected chi connectivity index (χ1v) is 8.61. The molecule has 2 aromatic rings. The quantitative estimate of drug-likeness (QED) is 0.598. The van der Waals surface area contributed by atoms with Gasteiger partial charge in [-0.1, -0.05) is 49.2 Å². The first-order chi connectivity index (χ1) is 11.6. The Morgan fingerprint density at radius 3 is 2.67 bits per heavy atom. The molecule has 0 spiro atoms. The predicted molar refractivity (Wildman–Crippen MR) is 93.7 cm³/mol. The molecule has 122 valence electrons. The molecule has 1 aliphatic carbocycles. The summed E-state index contributed by atoms with van der Waals surface area (Å²) in [5.74, 6) is 0.0289. The Morgan fingerprint density at radius 1 is 1.08 bits per heavy atom. The van der Waals surface area contributed by atoms with Gasteiger partial charge in [0.2, 0.25) is 0 Å². The molecule has 0 bridgehead atoms. The van der Waals surface area contributed by atoms with Crippen LogP contribution in [0.15, 0.2) is 42.5 Å². The lowest BCUT2D eigenvalue weighted by molar-refractivity contribution is -0.126. The highest BCUT2D eigenvalue weighted by atomic mass is 16.1. The Morgan fingerprint density at radius 2 is 1.88 bits per heavy atom. The average Bonchev–Trinajstić information content (AvgIpc) is 2.81. The van der Waals surface area contributed by atoms with E-state index >= 15 is 0 Å². The van der Waals surface area contributed by atoms with Crippen LogP contribution >= 0.6 is 0 Å². The van der Waals surface area contributed by atoms with E-state index in [0.717, 1.165) is 30.0 Å². The van der Waals surface area contributed by atoms with E-state index in [1.165, 1.54) is 0 Å². The second-order valence-electron chi connectivity index (χ2n) is 6.66. The molecule has 2 aromatic carbocycles. The van der Waals surface area contributed by atoms with Gasteiger partial charge in [0.05, 0.1) is 6.07 Å². The molecule has 3 heteroatoms. The number of hydrogen-bond donors (Lipinski definition) is 0. The number of fused-ring (bicyclic) bond motifs is 1. The maximum atomic E-state index is 12.6. The van der Waals surface area contributed by atoms with E-state index in [9.17, 15) is 14.9 Å². The van der Waals surface area contributed by atoms with Crippen LogP contribution in [0.1, 0.15) is 55.3 Å². The molecular formula is C21H21NO2. The summed E-state index contributed by atoms with van der Waals surface area (Å²) in [5.41, 5.74) is -0.300. The fourth-order valence-corrected chi connectivity index (χ4v) is 3.54. The Kier molecular flexibility index (Phi) is 4.76. The Bertz CT molecular complexity index is 818. The molecule has 1 atom stereocenters. The van der Waals surface area contributed by atoms with Crippen molar-refractivity contribution in [2.45, 2.75) is 44.9 Å². The highest BCUT2D eigenvalue weighted by molar-refractivity contribution is 6.00. The van der Waals surface area contributed by atoms with Crippen LogP contribution in [0.4, 0.5) is 0 Å². The lowest BCUT2D eigenvalue weighted by atomic mass is 9.76. The summed E-state index contributed by atoms with van der Waals surface area (Å²) in [5, 5.41) is 11.7. The van der Waals surface area contributed by atoms with E-state index in [4.69, 9.17) is 0 Å². The van der Waals surface area contributed by atoms with Crippen LogP contribution in [-0.2, 0) is 4.79 Å². The number of nitrogens with zero attached hydrogens (tertiary/aromatic N) is 1. The molecule has 0 heterocycles. The third-order valence-corrected chi connectivity index (χ3v) is 5.11. The van der Waals surface area contributed by atoms with E-state index in [-0.39, 0.29) is 18.0 Å². The Balaban J connectivity index is 1.75. The number of nitriles is 1. The fraction of sp³-hybridized carbons (Fsp3) is 0.381. The lowest BCUT2D eigenvalue weighted by Gasteiger charge is -2.22. The third kappa shape index (κ3) is 3.23. The average molecular weight is 319 g/mol. The van der Waals surface area contributed by atoms with E-state index < -0.39 is 5.41 Å². The van der Waals surface area contributed by atoms with Gasteiger partial charge in [-0.2, -0.15) is 5.26 Å². The molecule has 0 unspecified atom stereocenters. The third-order valence-electron chi connectivity index (χ3n) is 5.11. The molecule has 0 saturated heterocycles. The maximum absolute atomic E-state index is 12.6. The van der Waals surface area contributed by atoms with Gasteiger partial charge >= 0.3 is 0 Å². The zero-order valence-corrected chi connectivity index (χ0v) is 13.8. The van der Waals surface area contributed by atoms with Crippen LogP contribution in [0.2, 0.25) is 0 Å². The molecule has 3 rings (SSSR count). The van der Waals surface area contributed by atoms with Crippen molar-refractivity contribution in [1.82, 2.24) is 0 Å². The lowest BCUT2D eigenvalue weighted by Crippen LogP contribution is -2.29. The second-order valence-corrected chi connectivity index (χ2v) is 6.66. The van der Waals surface area contributed by atoms with Gasteiger partial charge in [-0.3, -0.25) is 9.59 Å². The number of rotatable bonds is 4. The van der Waals surface area contributed by atoms with E-state index in [1.807, 2.05) is 42.5 Å². The molecule has 0 radical (unpaired) electrons. The van der Waals surface area contributed by atoms with Crippen molar-refractivity contribution in [3.05, 3.63) is 48.0 Å². The van der Waals surface area contributed by atoms with Crippen molar-refractivity contribution in [2.24, 2.45) is 5.41 Å². The van der Waals surface area contributed by atoms with Crippen molar-refractivity contribution in [3.8, 4) is 6.07 Å². The normalized spacial score (nSPS) is 21.2. The first-order valence-electron chi connectivity index (χ1n) is 8.61. The van der Waals surface area contributed by atoms with Crippen molar-refractivity contribution >= 4 is 22.3 Å². The monoisotopic (exact) mass is 319 g/mol. The van der Waals surface area contributed by atoms with Crippen LogP contribution in [0.5, 0.6) is 0 Å². The number of ketones is 2. The number of hydrogen-bond acceptors (Lipinski definition) is 3. The minimum atomic E-state index is -0.955. The van der Waals surface area contributed by atoms with Crippen molar-refractivity contribution in [1.29, 1.82) is 5.26 Å². The first kappa shape index (κ1) is 16.4.